The minimum absolute atomic E-state index is 0.0497. The Balaban J connectivity index is 2.80. The molecule has 0 aliphatic rings. The molecule has 0 heterocycles. The fourth-order valence-corrected chi connectivity index (χ4v) is 3.19. The Bertz CT molecular complexity index is 975. The summed E-state index contributed by atoms with van der Waals surface area (Å²) < 4.78 is 122. The van der Waals surface area contributed by atoms with Crippen molar-refractivity contribution in [3.05, 3.63) is 53.1 Å². The molecule has 0 aromatic heterocycles. The molecule has 2 aromatic rings. The first kappa shape index (κ1) is 26.3. The average Bonchev–Trinajstić information content (AvgIpc) is 2.67. The van der Waals surface area contributed by atoms with Crippen molar-refractivity contribution in [1.82, 2.24) is 0 Å². The third-order valence-electron chi connectivity index (χ3n) is 4.60. The topological polar surface area (TPSA) is 46.5 Å². The van der Waals surface area contributed by atoms with Crippen LogP contribution in [0.3, 0.4) is 0 Å². The van der Waals surface area contributed by atoms with Gasteiger partial charge in [0.2, 0.25) is 0 Å². The number of hydrogen-bond acceptors (Lipinski definition) is 2. The molecule has 0 aliphatic carbocycles. The first-order valence-electron chi connectivity index (χ1n) is 9.39. The Kier molecular flexibility index (Phi) is 7.60. The van der Waals surface area contributed by atoms with Crippen LogP contribution in [0, 0.1) is 0 Å². The molecular weight excluding hydrogens is 471 g/mol. The van der Waals surface area contributed by atoms with Gasteiger partial charge in [-0.2, -0.15) is 39.5 Å². The summed E-state index contributed by atoms with van der Waals surface area (Å²) in [5.74, 6) is -4.08. The maximum atomic E-state index is 13.9. The van der Waals surface area contributed by atoms with Gasteiger partial charge in [0.15, 0.2) is 6.61 Å². The predicted octanol–water partition coefficient (Wildman–Crippen LogP) is 7.30. The maximum absolute atomic E-state index is 13.9. The number of rotatable bonds is 7. The van der Waals surface area contributed by atoms with E-state index in [2.05, 4.69) is 4.74 Å². The fourth-order valence-electron chi connectivity index (χ4n) is 3.19. The number of halogens is 9. The number of alkyl halides is 9. The lowest BCUT2D eigenvalue weighted by Crippen LogP contribution is -2.22. The van der Waals surface area contributed by atoms with E-state index >= 15 is 0 Å². The van der Waals surface area contributed by atoms with Crippen LogP contribution < -0.4 is 4.74 Å². The number of aliphatic carboxylic acids is 1. The van der Waals surface area contributed by atoms with Gasteiger partial charge in [0, 0.05) is 0 Å². The molecule has 0 radical (unpaired) electrons. The van der Waals surface area contributed by atoms with Crippen molar-refractivity contribution in [3.63, 3.8) is 0 Å². The summed E-state index contributed by atoms with van der Waals surface area (Å²) in [4.78, 5) is 11.6. The smallest absolute Gasteiger partial charge is 0.422 e. The Hall–Kier alpha value is -2.92. The summed E-state index contributed by atoms with van der Waals surface area (Å²) in [6.07, 6.45) is -14.8. The van der Waals surface area contributed by atoms with Crippen molar-refractivity contribution >= 4 is 5.97 Å². The standard InChI is InChI=1S/C21H17F9O3/c1-2-3-14(18(31)32)12-8-15(11-4-6-13(7-5-11)20(25,26)27)17(21(28,29)30)16(9-12)33-10-19(22,23)24/h4-9,14H,2-3,10H2,1H3,(H,31,32). The van der Waals surface area contributed by atoms with Crippen LogP contribution in [0.1, 0.15) is 42.4 Å². The lowest BCUT2D eigenvalue weighted by molar-refractivity contribution is -0.158. The van der Waals surface area contributed by atoms with Gasteiger partial charge >= 0.3 is 24.5 Å². The molecule has 0 bridgehead atoms. The highest BCUT2D eigenvalue weighted by atomic mass is 19.4. The first-order chi connectivity index (χ1) is 15.0. The predicted molar refractivity (Wildman–Crippen MR) is 98.7 cm³/mol. The Labute approximate surface area is 181 Å². The zero-order valence-corrected chi connectivity index (χ0v) is 16.8. The molecule has 0 saturated heterocycles. The number of ether oxygens (including phenoxy) is 1. The molecule has 0 saturated carbocycles. The van der Waals surface area contributed by atoms with Crippen LogP contribution >= 0.6 is 0 Å². The van der Waals surface area contributed by atoms with E-state index in [9.17, 15) is 49.4 Å². The van der Waals surface area contributed by atoms with Crippen molar-refractivity contribution in [2.45, 2.75) is 44.2 Å². The minimum Gasteiger partial charge on any atom is -0.483 e. The summed E-state index contributed by atoms with van der Waals surface area (Å²) in [6.45, 7) is -0.491. The Morgan fingerprint density at radius 3 is 1.94 bits per heavy atom. The molecule has 182 valence electrons. The van der Waals surface area contributed by atoms with Crippen LogP contribution in [0.25, 0.3) is 11.1 Å². The van der Waals surface area contributed by atoms with Crippen LogP contribution in [-0.4, -0.2) is 23.9 Å². The van der Waals surface area contributed by atoms with E-state index in [0.29, 0.717) is 18.2 Å². The molecule has 33 heavy (non-hydrogen) atoms. The van der Waals surface area contributed by atoms with E-state index in [4.69, 9.17) is 0 Å². The monoisotopic (exact) mass is 488 g/mol. The summed E-state index contributed by atoms with van der Waals surface area (Å²) >= 11 is 0. The molecule has 1 atom stereocenters. The molecule has 12 heteroatoms. The maximum Gasteiger partial charge on any atom is 0.422 e. The largest absolute Gasteiger partial charge is 0.483 e. The van der Waals surface area contributed by atoms with Crippen LogP contribution in [0.5, 0.6) is 5.75 Å². The number of carboxylic acids is 1. The van der Waals surface area contributed by atoms with Gasteiger partial charge in [0.05, 0.1) is 11.5 Å². The SMILES string of the molecule is CCCC(C(=O)O)c1cc(OCC(F)(F)F)c(C(F)(F)F)c(-c2ccc(C(F)(F)F)cc2)c1. The molecule has 0 aliphatic heterocycles. The number of carboxylic acid groups (broad SMARTS) is 1. The minimum atomic E-state index is -5.26. The van der Waals surface area contributed by atoms with Crippen LogP contribution in [0.15, 0.2) is 36.4 Å². The van der Waals surface area contributed by atoms with Crippen LogP contribution in [0.4, 0.5) is 39.5 Å². The van der Waals surface area contributed by atoms with Gasteiger partial charge in [-0.15, -0.1) is 0 Å². The van der Waals surface area contributed by atoms with E-state index < -0.39 is 65.0 Å². The molecule has 1 unspecified atom stereocenters. The molecular formula is C21H17F9O3. The van der Waals surface area contributed by atoms with Crippen molar-refractivity contribution < 1.29 is 54.2 Å². The van der Waals surface area contributed by atoms with Gasteiger partial charge in [0.25, 0.3) is 0 Å². The van der Waals surface area contributed by atoms with E-state index in [1.54, 1.807) is 6.92 Å². The summed E-state index contributed by atoms with van der Waals surface area (Å²) in [5, 5.41) is 9.46. The second-order valence-electron chi connectivity index (χ2n) is 7.10. The molecule has 0 spiro atoms. The highest BCUT2D eigenvalue weighted by molar-refractivity contribution is 5.79. The Morgan fingerprint density at radius 2 is 1.52 bits per heavy atom. The van der Waals surface area contributed by atoms with Crippen molar-refractivity contribution in [1.29, 1.82) is 0 Å². The zero-order chi connectivity index (χ0) is 25.2. The van der Waals surface area contributed by atoms with Gasteiger partial charge in [-0.1, -0.05) is 25.5 Å². The van der Waals surface area contributed by atoms with Crippen LogP contribution in [-0.2, 0) is 17.1 Å². The van der Waals surface area contributed by atoms with Crippen molar-refractivity contribution in [2.75, 3.05) is 6.61 Å². The van der Waals surface area contributed by atoms with E-state index in [1.165, 1.54) is 0 Å². The van der Waals surface area contributed by atoms with E-state index in [-0.39, 0.29) is 18.4 Å². The average molecular weight is 488 g/mol. The molecule has 3 nitrogen and oxygen atoms in total. The third-order valence-corrected chi connectivity index (χ3v) is 4.60. The van der Waals surface area contributed by atoms with Gasteiger partial charge in [-0.05, 0) is 47.4 Å². The van der Waals surface area contributed by atoms with Gasteiger partial charge < -0.3 is 9.84 Å². The quantitative estimate of drug-likeness (QED) is 0.416. The molecule has 2 aromatic carbocycles. The molecule has 0 amide bonds. The van der Waals surface area contributed by atoms with Gasteiger partial charge in [-0.25, -0.2) is 0 Å². The second-order valence-corrected chi connectivity index (χ2v) is 7.10. The molecule has 2 rings (SSSR count). The third kappa shape index (κ3) is 6.78. The number of hydrogen-bond donors (Lipinski definition) is 1. The van der Waals surface area contributed by atoms with Gasteiger partial charge in [0.1, 0.15) is 11.3 Å². The number of carbonyl (C=O) groups is 1. The van der Waals surface area contributed by atoms with Crippen LogP contribution in [0.2, 0.25) is 0 Å². The molecule has 0 fully saturated rings. The van der Waals surface area contributed by atoms with E-state index in [0.717, 1.165) is 18.2 Å². The summed E-state index contributed by atoms with van der Waals surface area (Å²) in [7, 11) is 0. The highest BCUT2D eigenvalue weighted by Gasteiger charge is 2.40. The van der Waals surface area contributed by atoms with Crippen molar-refractivity contribution in [3.8, 4) is 16.9 Å². The fraction of sp³-hybridized carbons (Fsp3) is 0.381. The Morgan fingerprint density at radius 1 is 0.939 bits per heavy atom. The lowest BCUT2D eigenvalue weighted by Gasteiger charge is -2.22. The molecule has 1 N–H and O–H groups in total. The number of benzene rings is 2. The first-order valence-corrected chi connectivity index (χ1v) is 9.39. The summed E-state index contributed by atoms with van der Waals surface area (Å²) in [5.41, 5.74) is -4.29. The zero-order valence-electron chi connectivity index (χ0n) is 16.8. The van der Waals surface area contributed by atoms with Gasteiger partial charge in [-0.3, -0.25) is 4.79 Å². The summed E-state index contributed by atoms with van der Waals surface area (Å²) in [6, 6.07) is 3.86. The highest BCUT2D eigenvalue weighted by Crippen LogP contribution is 2.46. The lowest BCUT2D eigenvalue weighted by atomic mass is 9.88. The normalized spacial score (nSPS) is 13.6. The van der Waals surface area contributed by atoms with Crippen molar-refractivity contribution in [2.24, 2.45) is 0 Å². The second kappa shape index (κ2) is 9.52. The van der Waals surface area contributed by atoms with E-state index in [1.807, 2.05) is 0 Å².